The van der Waals surface area contributed by atoms with Gasteiger partial charge in [0.15, 0.2) is 5.65 Å². The van der Waals surface area contributed by atoms with Crippen LogP contribution in [0.15, 0.2) is 48.7 Å². The van der Waals surface area contributed by atoms with Crippen LogP contribution in [-0.4, -0.2) is 73.4 Å². The van der Waals surface area contributed by atoms with Gasteiger partial charge in [0, 0.05) is 30.5 Å². The van der Waals surface area contributed by atoms with E-state index in [1.165, 1.54) is 0 Å². The molecule has 1 aliphatic heterocycles. The van der Waals surface area contributed by atoms with Crippen LogP contribution in [-0.2, 0) is 4.74 Å². The Bertz CT molecular complexity index is 1680. The summed E-state index contributed by atoms with van der Waals surface area (Å²) < 4.78 is 7.10. The molecule has 1 fully saturated rings. The number of benzene rings is 1. The third kappa shape index (κ3) is 6.51. The predicted molar refractivity (Wildman–Crippen MR) is 158 cm³/mol. The summed E-state index contributed by atoms with van der Waals surface area (Å²) in [7, 11) is 0. The monoisotopic (exact) mass is 586 g/mol. The fourth-order valence-electron chi connectivity index (χ4n) is 4.78. The number of carbonyl (C=O) groups is 2. The number of nitriles is 1. The normalized spacial score (nSPS) is 14.0. The maximum Gasteiger partial charge on any atom is 0.411 e. The van der Waals surface area contributed by atoms with Crippen LogP contribution in [0.4, 0.5) is 4.79 Å². The molecule has 1 saturated heterocycles. The predicted octanol–water partition coefficient (Wildman–Crippen LogP) is 4.88. The van der Waals surface area contributed by atoms with Crippen molar-refractivity contribution in [3.05, 3.63) is 70.8 Å². The van der Waals surface area contributed by atoms with Gasteiger partial charge in [-0.3, -0.25) is 14.6 Å². The molecule has 4 heterocycles. The van der Waals surface area contributed by atoms with E-state index in [0.29, 0.717) is 46.5 Å². The number of pyridine rings is 1. The molecule has 0 unspecified atom stereocenters. The first kappa shape index (κ1) is 29.0. The number of fused-ring (bicyclic) bond motifs is 1. The fraction of sp³-hybridized carbons (Fsp3) is 0.333. The Morgan fingerprint density at radius 1 is 1.12 bits per heavy atom. The average molecular weight is 587 g/mol. The number of hydrogen-bond acceptors (Lipinski definition) is 8. The molecular weight excluding hydrogens is 556 g/mol. The van der Waals surface area contributed by atoms with Crippen molar-refractivity contribution in [1.29, 1.82) is 5.26 Å². The van der Waals surface area contributed by atoms with Gasteiger partial charge in [0.1, 0.15) is 22.1 Å². The number of nitrogens with one attached hydrogen (secondary N) is 1. The molecule has 1 N–H and O–H groups in total. The first-order chi connectivity index (χ1) is 20.0. The number of aromatic nitrogens is 4. The van der Waals surface area contributed by atoms with Crippen molar-refractivity contribution in [3.8, 4) is 28.5 Å². The zero-order chi connectivity index (χ0) is 30.0. The molecule has 0 atom stereocenters. The van der Waals surface area contributed by atoms with Crippen molar-refractivity contribution < 1.29 is 14.3 Å². The van der Waals surface area contributed by atoms with Gasteiger partial charge in [-0.1, -0.05) is 23.7 Å². The van der Waals surface area contributed by atoms with Gasteiger partial charge in [-0.15, -0.1) is 0 Å². The molecule has 216 valence electrons. The van der Waals surface area contributed by atoms with Crippen LogP contribution in [0.25, 0.3) is 28.0 Å². The largest absolute Gasteiger partial charge is 0.444 e. The number of rotatable bonds is 5. The highest BCUT2D eigenvalue weighted by Crippen LogP contribution is 2.36. The fourth-order valence-corrected chi connectivity index (χ4v) is 5.03. The Morgan fingerprint density at radius 2 is 1.93 bits per heavy atom. The Kier molecular flexibility index (Phi) is 8.11. The summed E-state index contributed by atoms with van der Waals surface area (Å²) >= 11 is 6.32. The summed E-state index contributed by atoms with van der Waals surface area (Å²) in [5, 5.41) is 17.4. The highest BCUT2D eigenvalue weighted by Gasteiger charge is 2.27. The smallest absolute Gasteiger partial charge is 0.411 e. The summed E-state index contributed by atoms with van der Waals surface area (Å²) in [6.07, 6.45) is 2.07. The molecule has 0 saturated carbocycles. The molecule has 1 aromatic carbocycles. The topological polar surface area (TPSA) is 129 Å². The SMILES string of the molecule is Cc1cc(-c2c(-c3cccc(C#N)c3)nn3ccc(C(=O)NCN4CCCN(C(=O)OC(C)(C)C)C4)nc23)cc(Cl)n1. The van der Waals surface area contributed by atoms with Crippen LogP contribution in [0.2, 0.25) is 5.15 Å². The van der Waals surface area contributed by atoms with Gasteiger partial charge in [0.05, 0.1) is 30.5 Å². The van der Waals surface area contributed by atoms with E-state index >= 15 is 0 Å². The summed E-state index contributed by atoms with van der Waals surface area (Å²) in [4.78, 5) is 38.3. The van der Waals surface area contributed by atoms with E-state index in [-0.39, 0.29) is 24.4 Å². The average Bonchev–Trinajstić information content (AvgIpc) is 3.33. The van der Waals surface area contributed by atoms with Gasteiger partial charge < -0.3 is 10.1 Å². The van der Waals surface area contributed by atoms with Gasteiger partial charge in [-0.25, -0.2) is 19.3 Å². The number of ether oxygens (including phenoxy) is 1. The van der Waals surface area contributed by atoms with Crippen molar-refractivity contribution in [3.63, 3.8) is 0 Å². The van der Waals surface area contributed by atoms with E-state index in [0.717, 1.165) is 24.1 Å². The Balaban J connectivity index is 1.42. The molecule has 4 aromatic rings. The zero-order valence-electron chi connectivity index (χ0n) is 23.9. The Labute approximate surface area is 248 Å². The molecule has 2 amide bonds. The molecule has 5 rings (SSSR count). The number of hydrogen-bond donors (Lipinski definition) is 1. The third-order valence-electron chi connectivity index (χ3n) is 6.58. The first-order valence-corrected chi connectivity index (χ1v) is 13.9. The summed E-state index contributed by atoms with van der Waals surface area (Å²) in [6, 6.07) is 14.5. The molecule has 0 aliphatic carbocycles. The minimum Gasteiger partial charge on any atom is -0.444 e. The van der Waals surface area contributed by atoms with Gasteiger partial charge in [0.25, 0.3) is 5.91 Å². The summed E-state index contributed by atoms with van der Waals surface area (Å²) in [5.74, 6) is -0.365. The van der Waals surface area contributed by atoms with Crippen molar-refractivity contribution in [1.82, 2.24) is 34.7 Å². The van der Waals surface area contributed by atoms with Crippen LogP contribution >= 0.6 is 11.6 Å². The van der Waals surface area contributed by atoms with Crippen LogP contribution in [0.5, 0.6) is 0 Å². The highest BCUT2D eigenvalue weighted by atomic mass is 35.5. The summed E-state index contributed by atoms with van der Waals surface area (Å²) in [6.45, 7) is 9.25. The van der Waals surface area contributed by atoms with Gasteiger partial charge in [-0.05, 0) is 70.0 Å². The second-order valence-electron chi connectivity index (χ2n) is 11.1. The second-order valence-corrected chi connectivity index (χ2v) is 11.5. The maximum atomic E-state index is 13.2. The van der Waals surface area contributed by atoms with Crippen molar-refractivity contribution >= 4 is 29.2 Å². The molecule has 11 nitrogen and oxygen atoms in total. The molecule has 0 spiro atoms. The lowest BCUT2D eigenvalue weighted by Gasteiger charge is -2.36. The van der Waals surface area contributed by atoms with E-state index in [2.05, 4.69) is 16.4 Å². The number of aryl methyl sites for hydroxylation is 1. The first-order valence-electron chi connectivity index (χ1n) is 13.5. The van der Waals surface area contributed by atoms with E-state index in [4.69, 9.17) is 26.4 Å². The zero-order valence-corrected chi connectivity index (χ0v) is 24.6. The Hall–Kier alpha value is -4.53. The van der Waals surface area contributed by atoms with E-state index in [1.807, 2.05) is 44.7 Å². The molecule has 0 bridgehead atoms. The molecule has 42 heavy (non-hydrogen) atoms. The van der Waals surface area contributed by atoms with Crippen LogP contribution < -0.4 is 5.32 Å². The lowest BCUT2D eigenvalue weighted by atomic mass is 10.00. The highest BCUT2D eigenvalue weighted by molar-refractivity contribution is 6.29. The van der Waals surface area contributed by atoms with Gasteiger partial charge in [0.2, 0.25) is 0 Å². The minimum absolute atomic E-state index is 0.207. The number of amides is 2. The minimum atomic E-state index is -0.580. The molecule has 0 radical (unpaired) electrons. The van der Waals surface area contributed by atoms with Crippen molar-refractivity contribution in [2.75, 3.05) is 26.4 Å². The number of nitrogens with zero attached hydrogens (tertiary/aromatic N) is 7. The number of carbonyl (C=O) groups excluding carboxylic acids is 2. The van der Waals surface area contributed by atoms with Crippen LogP contribution in [0, 0.1) is 18.3 Å². The third-order valence-corrected chi connectivity index (χ3v) is 6.78. The van der Waals surface area contributed by atoms with Crippen LogP contribution in [0.1, 0.15) is 48.9 Å². The molecule has 12 heteroatoms. The van der Waals surface area contributed by atoms with Gasteiger partial charge in [-0.2, -0.15) is 10.4 Å². The van der Waals surface area contributed by atoms with Crippen LogP contribution in [0.3, 0.4) is 0 Å². The molecule has 1 aliphatic rings. The summed E-state index contributed by atoms with van der Waals surface area (Å²) in [5.41, 5.74) is 4.01. The standard InChI is InChI=1S/C30H31ClN8O3/c1-19-13-22(15-24(31)34-19)25-26(21-8-5-7-20(14-21)16-32)36-39-12-9-23(35-27(25)39)28(40)33-17-37-10-6-11-38(18-37)29(41)42-30(2,3)4/h5,7-9,12-15H,6,10-11,17-18H2,1-4H3,(H,33,40). The van der Waals surface area contributed by atoms with Crippen molar-refractivity contribution in [2.24, 2.45) is 0 Å². The van der Waals surface area contributed by atoms with Gasteiger partial charge >= 0.3 is 6.09 Å². The molecule has 3 aromatic heterocycles. The van der Waals surface area contributed by atoms with Crippen molar-refractivity contribution in [2.45, 2.75) is 39.7 Å². The van der Waals surface area contributed by atoms with E-state index in [9.17, 15) is 14.9 Å². The lowest BCUT2D eigenvalue weighted by Crippen LogP contribution is -2.51. The number of halogens is 1. The lowest BCUT2D eigenvalue weighted by molar-refractivity contribution is 0.00170. The Morgan fingerprint density at radius 3 is 2.67 bits per heavy atom. The maximum absolute atomic E-state index is 13.2. The quantitative estimate of drug-likeness (QED) is 0.328. The van der Waals surface area contributed by atoms with E-state index in [1.54, 1.807) is 45.9 Å². The van der Waals surface area contributed by atoms with E-state index < -0.39 is 5.60 Å². The molecular formula is C30H31ClN8O3. The second kappa shape index (κ2) is 11.8.